The number of likely N-dealkylation sites (tertiary alicyclic amines) is 1. The first kappa shape index (κ1) is 20.4. The van der Waals surface area contributed by atoms with Crippen LogP contribution in [0, 0.1) is 0 Å². The smallest absolute Gasteiger partial charge is 0.305 e. The van der Waals surface area contributed by atoms with E-state index < -0.39 is 0 Å². The Morgan fingerprint density at radius 3 is 2.39 bits per heavy atom. The summed E-state index contributed by atoms with van der Waals surface area (Å²) in [6.45, 7) is 6.01. The molecule has 0 aliphatic carbocycles. The van der Waals surface area contributed by atoms with Crippen molar-refractivity contribution >= 4 is 5.97 Å². The second-order valence-electron chi connectivity index (χ2n) is 7.05. The first-order valence-electron chi connectivity index (χ1n) is 9.89. The molecular formula is C19H38NO3+. The van der Waals surface area contributed by atoms with Crippen molar-refractivity contribution in [3.05, 3.63) is 0 Å². The largest absolute Gasteiger partial charge is 0.466 e. The molecule has 0 saturated carbocycles. The van der Waals surface area contributed by atoms with Crippen molar-refractivity contribution in [3.63, 3.8) is 0 Å². The van der Waals surface area contributed by atoms with Crippen LogP contribution >= 0.6 is 0 Å². The van der Waals surface area contributed by atoms with Crippen LogP contribution in [0.3, 0.4) is 0 Å². The highest BCUT2D eigenvalue weighted by atomic mass is 16.5. The zero-order chi connectivity index (χ0) is 16.8. The van der Waals surface area contributed by atoms with Gasteiger partial charge in [-0.3, -0.25) is 4.79 Å². The summed E-state index contributed by atoms with van der Waals surface area (Å²) in [6.07, 6.45) is 13.1. The van der Waals surface area contributed by atoms with Crippen LogP contribution in [0.4, 0.5) is 0 Å². The number of unbranched alkanes of at least 4 members (excludes halogenated alkanes) is 5. The monoisotopic (exact) mass is 328 g/mol. The first-order valence-corrected chi connectivity index (χ1v) is 9.89. The van der Waals surface area contributed by atoms with E-state index >= 15 is 0 Å². The van der Waals surface area contributed by atoms with Gasteiger partial charge < -0.3 is 14.7 Å². The van der Waals surface area contributed by atoms with Crippen LogP contribution in [0.5, 0.6) is 0 Å². The molecule has 1 rings (SSSR count). The number of carbonyl (C=O) groups is 1. The molecule has 0 amide bonds. The number of nitrogens with one attached hydrogen (secondary N) is 1. The van der Waals surface area contributed by atoms with E-state index in [1.165, 1.54) is 51.6 Å². The topological polar surface area (TPSA) is 51.0 Å². The van der Waals surface area contributed by atoms with Gasteiger partial charge in [0.2, 0.25) is 0 Å². The van der Waals surface area contributed by atoms with Gasteiger partial charge in [-0.05, 0) is 38.5 Å². The summed E-state index contributed by atoms with van der Waals surface area (Å²) in [6, 6.07) is 0. The summed E-state index contributed by atoms with van der Waals surface area (Å²) in [5.41, 5.74) is 0. The fourth-order valence-electron chi connectivity index (χ4n) is 3.34. The van der Waals surface area contributed by atoms with Crippen LogP contribution < -0.4 is 4.90 Å². The number of rotatable bonds is 13. The molecule has 0 aromatic rings. The van der Waals surface area contributed by atoms with Crippen LogP contribution in [0.1, 0.15) is 84.0 Å². The number of aliphatic hydroxyl groups excluding tert-OH is 1. The molecule has 0 aromatic heterocycles. The normalized spacial score (nSPS) is 17.1. The third-order valence-electron chi connectivity index (χ3n) is 4.72. The third-order valence-corrected chi connectivity index (χ3v) is 4.72. The lowest BCUT2D eigenvalue weighted by Crippen LogP contribution is -3.13. The van der Waals surface area contributed by atoms with E-state index in [4.69, 9.17) is 4.74 Å². The Balaban J connectivity index is 1.84. The zero-order valence-corrected chi connectivity index (χ0v) is 15.2. The van der Waals surface area contributed by atoms with E-state index in [1.54, 1.807) is 4.90 Å². The summed E-state index contributed by atoms with van der Waals surface area (Å²) in [5.74, 6) is -0.0461. The van der Waals surface area contributed by atoms with Gasteiger partial charge in [0, 0.05) is 6.42 Å². The fourth-order valence-corrected chi connectivity index (χ4v) is 3.34. The molecule has 4 heteroatoms. The second kappa shape index (κ2) is 13.8. The minimum atomic E-state index is -0.114. The number of hydrogen-bond donors (Lipinski definition) is 2. The highest BCUT2D eigenvalue weighted by molar-refractivity contribution is 5.69. The molecular weight excluding hydrogens is 290 g/mol. The molecule has 1 saturated heterocycles. The van der Waals surface area contributed by atoms with Gasteiger partial charge >= 0.3 is 5.97 Å². The second-order valence-corrected chi connectivity index (χ2v) is 7.05. The van der Waals surface area contributed by atoms with E-state index in [2.05, 4.69) is 0 Å². The van der Waals surface area contributed by atoms with Gasteiger partial charge in [-0.2, -0.15) is 0 Å². The number of aliphatic hydroxyl groups is 1. The Hall–Kier alpha value is -0.610. The lowest BCUT2D eigenvalue weighted by atomic mass is 10.0. The Bertz CT molecular complexity index is 290. The Morgan fingerprint density at radius 2 is 1.70 bits per heavy atom. The molecule has 1 aliphatic heterocycles. The molecule has 0 radical (unpaired) electrons. The maximum Gasteiger partial charge on any atom is 0.305 e. The van der Waals surface area contributed by atoms with E-state index in [0.29, 0.717) is 13.0 Å². The van der Waals surface area contributed by atoms with Crippen molar-refractivity contribution in [3.8, 4) is 0 Å². The molecule has 136 valence electrons. The molecule has 4 nitrogen and oxygen atoms in total. The van der Waals surface area contributed by atoms with Gasteiger partial charge in [-0.15, -0.1) is 0 Å². The first-order chi connectivity index (χ1) is 11.2. The van der Waals surface area contributed by atoms with Gasteiger partial charge in [0.1, 0.15) is 12.6 Å². The van der Waals surface area contributed by atoms with Gasteiger partial charge in [-0.25, -0.2) is 0 Å². The van der Waals surface area contributed by atoms with Crippen molar-refractivity contribution in [1.82, 2.24) is 0 Å². The molecule has 2 N–H and O–H groups in total. The van der Waals surface area contributed by atoms with Crippen molar-refractivity contribution < 1.29 is 19.5 Å². The van der Waals surface area contributed by atoms with Crippen molar-refractivity contribution in [2.45, 2.75) is 90.1 Å². The van der Waals surface area contributed by atoms with Crippen LogP contribution in [0.15, 0.2) is 0 Å². The Labute approximate surface area is 142 Å². The van der Waals surface area contributed by atoms with Crippen LogP contribution in [-0.2, 0) is 9.53 Å². The van der Waals surface area contributed by atoms with E-state index in [1.807, 2.05) is 6.92 Å². The van der Waals surface area contributed by atoms with Crippen molar-refractivity contribution in [2.75, 3.05) is 26.2 Å². The number of carbonyl (C=O) groups excluding carboxylic acids is 1. The highest BCUT2D eigenvalue weighted by Gasteiger charge is 2.17. The predicted octanol–water partition coefficient (Wildman–Crippen LogP) is 2.49. The molecule has 1 heterocycles. The summed E-state index contributed by atoms with van der Waals surface area (Å²) in [4.78, 5) is 12.9. The molecule has 23 heavy (non-hydrogen) atoms. The van der Waals surface area contributed by atoms with Crippen LogP contribution in [0.2, 0.25) is 0 Å². The number of ether oxygens (including phenoxy) is 1. The van der Waals surface area contributed by atoms with Crippen LogP contribution in [-0.4, -0.2) is 43.4 Å². The fraction of sp³-hybridized carbons (Fsp3) is 0.947. The van der Waals surface area contributed by atoms with Crippen molar-refractivity contribution in [1.29, 1.82) is 0 Å². The number of hydrogen-bond acceptors (Lipinski definition) is 3. The van der Waals surface area contributed by atoms with E-state index in [0.717, 1.165) is 38.6 Å². The van der Waals surface area contributed by atoms with Crippen LogP contribution in [0.25, 0.3) is 0 Å². The average Bonchev–Trinajstić information content (AvgIpc) is 2.56. The number of piperidine rings is 1. The molecule has 1 atom stereocenters. The van der Waals surface area contributed by atoms with Gasteiger partial charge in [-0.1, -0.05) is 39.0 Å². The number of esters is 1. The van der Waals surface area contributed by atoms with E-state index in [9.17, 15) is 9.90 Å². The Morgan fingerprint density at radius 1 is 1.04 bits per heavy atom. The average molecular weight is 329 g/mol. The summed E-state index contributed by atoms with van der Waals surface area (Å²) < 4.78 is 5.06. The molecule has 1 fully saturated rings. The van der Waals surface area contributed by atoms with Crippen molar-refractivity contribution in [2.24, 2.45) is 0 Å². The summed E-state index contributed by atoms with van der Waals surface area (Å²) in [7, 11) is 0. The summed E-state index contributed by atoms with van der Waals surface area (Å²) >= 11 is 0. The van der Waals surface area contributed by atoms with Gasteiger partial charge in [0.05, 0.1) is 19.7 Å². The van der Waals surface area contributed by atoms with Gasteiger partial charge in [0.25, 0.3) is 0 Å². The maximum absolute atomic E-state index is 11.3. The molecule has 0 spiro atoms. The molecule has 0 unspecified atom stereocenters. The highest BCUT2D eigenvalue weighted by Crippen LogP contribution is 2.10. The standard InChI is InChI=1S/C19H37NO3/c1-2-16-23-19(22)13-9-6-4-3-5-8-12-18(21)17-20-14-10-7-11-15-20/h18,21H,2-17H2,1H3/p+1/t18-/m0/s1. The zero-order valence-electron chi connectivity index (χ0n) is 15.2. The molecule has 0 aromatic carbocycles. The maximum atomic E-state index is 11.3. The summed E-state index contributed by atoms with van der Waals surface area (Å²) in [5, 5.41) is 10.1. The lowest BCUT2D eigenvalue weighted by Gasteiger charge is -2.25. The Kier molecular flexibility index (Phi) is 12.3. The number of quaternary nitrogens is 1. The quantitative estimate of drug-likeness (QED) is 0.403. The lowest BCUT2D eigenvalue weighted by molar-refractivity contribution is -0.908. The molecule has 0 bridgehead atoms. The third kappa shape index (κ3) is 11.5. The minimum Gasteiger partial charge on any atom is -0.466 e. The predicted molar refractivity (Wildman–Crippen MR) is 93.6 cm³/mol. The minimum absolute atomic E-state index is 0.0461. The SMILES string of the molecule is CCCOC(=O)CCCCCCCC[C@H](O)C[NH+]1CCCCC1. The van der Waals surface area contributed by atoms with Gasteiger partial charge in [0.15, 0.2) is 0 Å². The van der Waals surface area contributed by atoms with E-state index in [-0.39, 0.29) is 12.1 Å². The molecule has 1 aliphatic rings.